The molecule has 1 aliphatic rings. The fraction of sp³-hybridized carbons (Fsp3) is 0.412. The Morgan fingerprint density at radius 3 is 2.65 bits per heavy atom. The van der Waals surface area contributed by atoms with Crippen molar-refractivity contribution in [3.8, 4) is 0 Å². The summed E-state index contributed by atoms with van der Waals surface area (Å²) < 4.78 is 5.32. The maximum absolute atomic E-state index is 12.6. The van der Waals surface area contributed by atoms with Crippen LogP contribution < -0.4 is 0 Å². The molecule has 0 saturated heterocycles. The van der Waals surface area contributed by atoms with Gasteiger partial charge in [-0.2, -0.15) is 0 Å². The average Bonchev–Trinajstić information content (AvgIpc) is 2.74. The fourth-order valence-electron chi connectivity index (χ4n) is 2.54. The normalized spacial score (nSPS) is 19.9. The van der Waals surface area contributed by atoms with Gasteiger partial charge in [0.2, 0.25) is 5.78 Å². The van der Waals surface area contributed by atoms with Crippen molar-refractivity contribution in [2.45, 2.75) is 38.7 Å². The van der Waals surface area contributed by atoms with Crippen LogP contribution >= 0.6 is 0 Å². The van der Waals surface area contributed by atoms with E-state index in [4.69, 9.17) is 4.74 Å². The number of ether oxygens (including phenoxy) is 1. The molecule has 0 amide bonds. The predicted octanol–water partition coefficient (Wildman–Crippen LogP) is 3.55. The van der Waals surface area contributed by atoms with E-state index < -0.39 is 12.1 Å². The molecule has 0 saturated carbocycles. The van der Waals surface area contributed by atoms with Crippen molar-refractivity contribution >= 4 is 11.8 Å². The third kappa shape index (κ3) is 3.80. The topological polar surface area (TPSA) is 43.4 Å². The Balaban J connectivity index is 2.22. The quantitative estimate of drug-likeness (QED) is 0.478. The smallest absolute Gasteiger partial charge is 0.303 e. The van der Waals surface area contributed by atoms with Crippen LogP contribution in [0.1, 0.15) is 43.0 Å². The number of hydrogen-bond donors (Lipinski definition) is 0. The van der Waals surface area contributed by atoms with E-state index >= 15 is 0 Å². The number of benzene rings is 1. The van der Waals surface area contributed by atoms with Gasteiger partial charge in [-0.1, -0.05) is 48.9 Å². The summed E-state index contributed by atoms with van der Waals surface area (Å²) in [6.45, 7) is 1.35. The van der Waals surface area contributed by atoms with Crippen LogP contribution in [0.2, 0.25) is 0 Å². The number of esters is 1. The van der Waals surface area contributed by atoms with Gasteiger partial charge in [0.05, 0.1) is 0 Å². The van der Waals surface area contributed by atoms with E-state index in [1.165, 1.54) is 6.92 Å². The lowest BCUT2D eigenvalue weighted by Gasteiger charge is -2.22. The van der Waals surface area contributed by atoms with E-state index in [1.807, 2.05) is 24.3 Å². The molecule has 0 bridgehead atoms. The first-order chi connectivity index (χ1) is 9.68. The molecule has 20 heavy (non-hydrogen) atoms. The zero-order chi connectivity index (χ0) is 14.4. The third-order valence-corrected chi connectivity index (χ3v) is 3.54. The maximum atomic E-state index is 12.6. The molecule has 0 aliphatic heterocycles. The first-order valence-corrected chi connectivity index (χ1v) is 7.11. The molecule has 0 aromatic heterocycles. The highest BCUT2D eigenvalue weighted by Gasteiger charge is 2.30. The molecule has 0 fully saturated rings. The minimum atomic E-state index is -0.704. The van der Waals surface area contributed by atoms with Gasteiger partial charge in [0.1, 0.15) is 0 Å². The zero-order valence-electron chi connectivity index (χ0n) is 11.7. The van der Waals surface area contributed by atoms with E-state index in [0.29, 0.717) is 5.56 Å². The second kappa shape index (κ2) is 7.04. The van der Waals surface area contributed by atoms with Crippen LogP contribution in [-0.4, -0.2) is 17.9 Å². The number of rotatable bonds is 4. The molecule has 1 aromatic carbocycles. The molecule has 0 unspecified atom stereocenters. The highest BCUT2D eigenvalue weighted by atomic mass is 16.5. The number of allylic oxidation sites excluding steroid dienone is 1. The van der Waals surface area contributed by atoms with E-state index in [2.05, 4.69) is 6.08 Å². The van der Waals surface area contributed by atoms with Crippen LogP contribution in [0.3, 0.4) is 0 Å². The number of Topliss-reactive ketones (excluding diaryl/α,β-unsaturated/α-hetero) is 1. The van der Waals surface area contributed by atoms with Gasteiger partial charge in [-0.25, -0.2) is 0 Å². The molecule has 3 nitrogen and oxygen atoms in total. The van der Waals surface area contributed by atoms with Crippen LogP contribution in [0, 0.1) is 5.92 Å². The molecular formula is C17H20O3. The Kier molecular flexibility index (Phi) is 5.10. The summed E-state index contributed by atoms with van der Waals surface area (Å²) >= 11 is 0. The Labute approximate surface area is 119 Å². The standard InChI is InChI=1S/C17H20O3/c1-13(18)20-17(15-11-5-2-3-6-12-15)16(19)14-9-7-4-8-10-14/h4-5,7-11,15,17H,2-3,6,12H2,1H3/t15-,17-/m0/s1. The highest BCUT2D eigenvalue weighted by Crippen LogP contribution is 2.24. The van der Waals surface area contributed by atoms with Crippen molar-refractivity contribution < 1.29 is 14.3 Å². The summed E-state index contributed by atoms with van der Waals surface area (Å²) in [5.74, 6) is -0.539. The van der Waals surface area contributed by atoms with Crippen LogP contribution in [0.15, 0.2) is 42.5 Å². The fourth-order valence-corrected chi connectivity index (χ4v) is 2.54. The molecule has 0 radical (unpaired) electrons. The summed E-state index contributed by atoms with van der Waals surface area (Å²) in [4.78, 5) is 23.9. The first-order valence-electron chi connectivity index (χ1n) is 7.11. The van der Waals surface area contributed by atoms with Gasteiger partial charge in [-0.15, -0.1) is 0 Å². The Morgan fingerprint density at radius 2 is 1.95 bits per heavy atom. The summed E-state index contributed by atoms with van der Waals surface area (Å²) in [6.07, 6.45) is 7.50. The Hall–Kier alpha value is -1.90. The molecule has 1 aromatic rings. The van der Waals surface area contributed by atoms with Gasteiger partial charge in [0.15, 0.2) is 6.10 Å². The second-order valence-corrected chi connectivity index (χ2v) is 5.14. The van der Waals surface area contributed by atoms with Crippen LogP contribution in [-0.2, 0) is 9.53 Å². The van der Waals surface area contributed by atoms with Crippen molar-refractivity contribution in [2.24, 2.45) is 5.92 Å². The lowest BCUT2D eigenvalue weighted by Crippen LogP contribution is -2.33. The molecule has 106 valence electrons. The number of carbonyl (C=O) groups is 2. The molecule has 0 spiro atoms. The van der Waals surface area contributed by atoms with Crippen molar-refractivity contribution in [1.82, 2.24) is 0 Å². The summed E-state index contributed by atoms with van der Waals surface area (Å²) in [5.41, 5.74) is 0.594. The largest absolute Gasteiger partial charge is 0.454 e. The van der Waals surface area contributed by atoms with Gasteiger partial charge >= 0.3 is 5.97 Å². The van der Waals surface area contributed by atoms with E-state index in [1.54, 1.807) is 12.1 Å². The van der Waals surface area contributed by atoms with Crippen molar-refractivity contribution in [2.75, 3.05) is 0 Å². The van der Waals surface area contributed by atoms with E-state index in [0.717, 1.165) is 25.7 Å². The molecule has 3 heteroatoms. The number of hydrogen-bond acceptors (Lipinski definition) is 3. The minimum absolute atomic E-state index is 0.0193. The molecule has 0 N–H and O–H groups in total. The van der Waals surface area contributed by atoms with Crippen molar-refractivity contribution in [3.63, 3.8) is 0 Å². The van der Waals surface area contributed by atoms with Crippen LogP contribution in [0.5, 0.6) is 0 Å². The highest BCUT2D eigenvalue weighted by molar-refractivity contribution is 6.00. The lowest BCUT2D eigenvalue weighted by molar-refractivity contribution is -0.145. The zero-order valence-corrected chi connectivity index (χ0v) is 11.7. The summed E-state index contributed by atoms with van der Waals surface area (Å²) in [6, 6.07) is 9.03. The average molecular weight is 272 g/mol. The van der Waals surface area contributed by atoms with Crippen LogP contribution in [0.4, 0.5) is 0 Å². The minimum Gasteiger partial charge on any atom is -0.454 e. The lowest BCUT2D eigenvalue weighted by atomic mass is 9.91. The Morgan fingerprint density at radius 1 is 1.20 bits per heavy atom. The van der Waals surface area contributed by atoms with Gasteiger partial charge in [-0.3, -0.25) is 9.59 Å². The van der Waals surface area contributed by atoms with E-state index in [9.17, 15) is 9.59 Å². The predicted molar refractivity (Wildman–Crippen MR) is 77.4 cm³/mol. The monoisotopic (exact) mass is 272 g/mol. The molecule has 1 aliphatic carbocycles. The maximum Gasteiger partial charge on any atom is 0.303 e. The van der Waals surface area contributed by atoms with Crippen molar-refractivity contribution in [1.29, 1.82) is 0 Å². The van der Waals surface area contributed by atoms with E-state index in [-0.39, 0.29) is 11.7 Å². The van der Waals surface area contributed by atoms with Gasteiger partial charge < -0.3 is 4.74 Å². The number of carbonyl (C=O) groups excluding carboxylic acids is 2. The SMILES string of the molecule is CC(=O)O[C@H](C(=O)c1ccccc1)[C@H]1C=CCCCC1. The Bertz CT molecular complexity index is 490. The van der Waals surface area contributed by atoms with Crippen molar-refractivity contribution in [3.05, 3.63) is 48.0 Å². The molecular weight excluding hydrogens is 252 g/mol. The summed E-state index contributed by atoms with van der Waals surface area (Å²) in [7, 11) is 0. The molecule has 2 atom stereocenters. The summed E-state index contributed by atoms with van der Waals surface area (Å²) in [5, 5.41) is 0. The van der Waals surface area contributed by atoms with Gasteiger partial charge in [-0.05, 0) is 19.3 Å². The first kappa shape index (κ1) is 14.5. The number of ketones is 1. The third-order valence-electron chi connectivity index (χ3n) is 3.54. The second-order valence-electron chi connectivity index (χ2n) is 5.14. The molecule has 0 heterocycles. The van der Waals surface area contributed by atoms with Gasteiger partial charge in [0, 0.05) is 18.4 Å². The van der Waals surface area contributed by atoms with Gasteiger partial charge in [0.25, 0.3) is 0 Å². The molecule has 2 rings (SSSR count). The van der Waals surface area contributed by atoms with Crippen LogP contribution in [0.25, 0.3) is 0 Å².